The smallest absolute Gasteiger partial charge is 0.0900 e. The Morgan fingerprint density at radius 2 is 2.12 bits per heavy atom. The minimum Gasteiger partial charge on any atom is -0.324 e. The molecule has 0 aliphatic carbocycles. The molecule has 1 rings (SSSR count). The molecule has 2 unspecified atom stereocenters. The Morgan fingerprint density at radius 3 is 2.56 bits per heavy atom. The van der Waals surface area contributed by atoms with E-state index in [2.05, 4.69) is 38.0 Å². The summed E-state index contributed by atoms with van der Waals surface area (Å²) in [6, 6.07) is 0.334. The molecule has 1 heterocycles. The zero-order chi connectivity index (χ0) is 12.3. The Labute approximate surface area is 102 Å². The Hall–Kier alpha value is -0.450. The van der Waals surface area contributed by atoms with Crippen molar-refractivity contribution in [3.63, 3.8) is 0 Å². The van der Waals surface area contributed by atoms with E-state index in [1.165, 1.54) is 4.88 Å². The van der Waals surface area contributed by atoms with Crippen molar-refractivity contribution in [1.82, 2.24) is 10.3 Å². The van der Waals surface area contributed by atoms with E-state index in [0.29, 0.717) is 6.04 Å². The van der Waals surface area contributed by atoms with E-state index in [0.717, 1.165) is 23.7 Å². The van der Waals surface area contributed by atoms with Crippen LogP contribution in [0.5, 0.6) is 0 Å². The molecule has 0 saturated carbocycles. The number of thiazole rings is 1. The fourth-order valence-corrected chi connectivity index (χ4v) is 2.51. The van der Waals surface area contributed by atoms with E-state index >= 15 is 0 Å². The summed E-state index contributed by atoms with van der Waals surface area (Å²) >= 11 is 1.77. The average Bonchev–Trinajstić information content (AvgIpc) is 2.54. The SMILES string of the molecule is CCC(C)(N)CNC(C)c1sc(C)nc1C. The maximum atomic E-state index is 6.11. The fraction of sp³-hybridized carbons (Fsp3) is 0.750. The van der Waals surface area contributed by atoms with Crippen LogP contribution in [0.2, 0.25) is 0 Å². The van der Waals surface area contributed by atoms with E-state index in [9.17, 15) is 0 Å². The monoisotopic (exact) mass is 241 g/mol. The standard InChI is InChI=1S/C12H23N3S/c1-6-12(5,13)7-14-8(2)11-9(3)15-10(4)16-11/h8,14H,6-7,13H2,1-5H3. The van der Waals surface area contributed by atoms with Gasteiger partial charge in [-0.2, -0.15) is 0 Å². The molecule has 2 atom stereocenters. The fourth-order valence-electron chi connectivity index (χ4n) is 1.55. The van der Waals surface area contributed by atoms with E-state index in [-0.39, 0.29) is 5.54 Å². The highest BCUT2D eigenvalue weighted by Crippen LogP contribution is 2.24. The molecule has 92 valence electrons. The maximum absolute atomic E-state index is 6.11. The van der Waals surface area contributed by atoms with Crippen LogP contribution in [0, 0.1) is 13.8 Å². The van der Waals surface area contributed by atoms with Gasteiger partial charge in [-0.3, -0.25) is 0 Å². The number of nitrogens with one attached hydrogen (secondary N) is 1. The molecular formula is C12H23N3S. The summed E-state index contributed by atoms with van der Waals surface area (Å²) in [5.74, 6) is 0. The van der Waals surface area contributed by atoms with Gasteiger partial charge in [-0.15, -0.1) is 11.3 Å². The van der Waals surface area contributed by atoms with Crippen molar-refractivity contribution < 1.29 is 0 Å². The number of aromatic nitrogens is 1. The predicted molar refractivity (Wildman–Crippen MR) is 70.9 cm³/mol. The molecule has 1 aromatic heterocycles. The Bertz CT molecular complexity index is 344. The van der Waals surface area contributed by atoms with E-state index in [1.54, 1.807) is 11.3 Å². The van der Waals surface area contributed by atoms with Gasteiger partial charge in [0.05, 0.1) is 10.7 Å². The molecule has 4 heteroatoms. The van der Waals surface area contributed by atoms with Gasteiger partial charge in [0.1, 0.15) is 0 Å². The highest BCUT2D eigenvalue weighted by atomic mass is 32.1. The molecule has 0 aliphatic rings. The lowest BCUT2D eigenvalue weighted by Crippen LogP contribution is -2.46. The summed E-state index contributed by atoms with van der Waals surface area (Å²) in [4.78, 5) is 5.77. The summed E-state index contributed by atoms with van der Waals surface area (Å²) in [6.07, 6.45) is 0.980. The average molecular weight is 241 g/mol. The summed E-state index contributed by atoms with van der Waals surface area (Å²) < 4.78 is 0. The van der Waals surface area contributed by atoms with Gasteiger partial charge in [-0.25, -0.2) is 4.98 Å². The van der Waals surface area contributed by atoms with Gasteiger partial charge >= 0.3 is 0 Å². The first kappa shape index (κ1) is 13.6. The van der Waals surface area contributed by atoms with Gasteiger partial charge in [0.15, 0.2) is 0 Å². The Kier molecular flexibility index (Phi) is 4.47. The zero-order valence-electron chi connectivity index (χ0n) is 10.9. The lowest BCUT2D eigenvalue weighted by Gasteiger charge is -2.25. The van der Waals surface area contributed by atoms with Crippen LogP contribution in [-0.4, -0.2) is 17.1 Å². The lowest BCUT2D eigenvalue weighted by atomic mass is 10.0. The van der Waals surface area contributed by atoms with Crippen molar-refractivity contribution in [2.24, 2.45) is 5.73 Å². The molecule has 3 N–H and O–H groups in total. The number of rotatable bonds is 5. The molecule has 1 aromatic rings. The Balaban J connectivity index is 2.59. The van der Waals surface area contributed by atoms with Crippen LogP contribution < -0.4 is 11.1 Å². The number of hydrogen-bond donors (Lipinski definition) is 2. The Morgan fingerprint density at radius 1 is 1.50 bits per heavy atom. The molecule has 0 aromatic carbocycles. The molecule has 16 heavy (non-hydrogen) atoms. The van der Waals surface area contributed by atoms with Crippen LogP contribution in [0.4, 0.5) is 0 Å². The molecule has 0 aliphatic heterocycles. The van der Waals surface area contributed by atoms with Gasteiger partial charge in [0.2, 0.25) is 0 Å². The summed E-state index contributed by atoms with van der Waals surface area (Å²) in [5, 5.41) is 4.62. The molecule has 0 spiro atoms. The van der Waals surface area contributed by atoms with Crippen molar-refractivity contribution in [3.8, 4) is 0 Å². The number of hydrogen-bond acceptors (Lipinski definition) is 4. The highest BCUT2D eigenvalue weighted by Gasteiger charge is 2.18. The molecular weight excluding hydrogens is 218 g/mol. The van der Waals surface area contributed by atoms with Crippen molar-refractivity contribution >= 4 is 11.3 Å². The largest absolute Gasteiger partial charge is 0.324 e. The third-order valence-corrected chi connectivity index (χ3v) is 4.21. The number of nitrogens with two attached hydrogens (primary N) is 1. The highest BCUT2D eigenvalue weighted by molar-refractivity contribution is 7.11. The first-order chi connectivity index (χ1) is 7.35. The van der Waals surface area contributed by atoms with Crippen LogP contribution in [-0.2, 0) is 0 Å². The van der Waals surface area contributed by atoms with E-state index in [1.807, 2.05) is 6.92 Å². The number of aryl methyl sites for hydroxylation is 2. The van der Waals surface area contributed by atoms with E-state index in [4.69, 9.17) is 5.73 Å². The minimum absolute atomic E-state index is 0.123. The second-order valence-corrected chi connectivity index (χ2v) is 6.03. The molecule has 0 fully saturated rings. The topological polar surface area (TPSA) is 50.9 Å². The maximum Gasteiger partial charge on any atom is 0.0900 e. The molecule has 0 bridgehead atoms. The number of nitrogens with zero attached hydrogens (tertiary/aromatic N) is 1. The third kappa shape index (κ3) is 3.54. The van der Waals surface area contributed by atoms with Crippen molar-refractivity contribution in [3.05, 3.63) is 15.6 Å². The van der Waals surface area contributed by atoms with Gasteiger partial charge in [-0.1, -0.05) is 6.92 Å². The van der Waals surface area contributed by atoms with Gasteiger partial charge in [-0.05, 0) is 34.1 Å². The van der Waals surface area contributed by atoms with Crippen LogP contribution in [0.3, 0.4) is 0 Å². The molecule has 0 radical (unpaired) electrons. The molecule has 0 saturated heterocycles. The van der Waals surface area contributed by atoms with Crippen molar-refractivity contribution in [2.75, 3.05) is 6.54 Å². The van der Waals surface area contributed by atoms with Crippen LogP contribution >= 0.6 is 11.3 Å². The van der Waals surface area contributed by atoms with Gasteiger partial charge < -0.3 is 11.1 Å². The first-order valence-corrected chi connectivity index (χ1v) is 6.63. The summed E-state index contributed by atoms with van der Waals surface area (Å²) in [6.45, 7) is 11.3. The lowest BCUT2D eigenvalue weighted by molar-refractivity contribution is 0.395. The second-order valence-electron chi connectivity index (χ2n) is 4.79. The van der Waals surface area contributed by atoms with E-state index < -0.39 is 0 Å². The minimum atomic E-state index is -0.123. The first-order valence-electron chi connectivity index (χ1n) is 5.82. The van der Waals surface area contributed by atoms with Gasteiger partial charge in [0.25, 0.3) is 0 Å². The normalized spacial score (nSPS) is 17.1. The van der Waals surface area contributed by atoms with Crippen molar-refractivity contribution in [1.29, 1.82) is 0 Å². The second kappa shape index (κ2) is 5.25. The zero-order valence-corrected chi connectivity index (χ0v) is 11.7. The summed E-state index contributed by atoms with van der Waals surface area (Å²) in [5.41, 5.74) is 7.12. The van der Waals surface area contributed by atoms with Gasteiger partial charge in [0, 0.05) is 23.0 Å². The van der Waals surface area contributed by atoms with Crippen LogP contribution in [0.25, 0.3) is 0 Å². The predicted octanol–water partition coefficient (Wildman–Crippen LogP) is 2.54. The van der Waals surface area contributed by atoms with Crippen LogP contribution in [0.1, 0.15) is 48.8 Å². The summed E-state index contributed by atoms with van der Waals surface area (Å²) in [7, 11) is 0. The third-order valence-electron chi connectivity index (χ3n) is 2.95. The van der Waals surface area contributed by atoms with Crippen LogP contribution in [0.15, 0.2) is 0 Å². The molecule has 0 amide bonds. The quantitative estimate of drug-likeness (QED) is 0.833. The molecule has 3 nitrogen and oxygen atoms in total. The van der Waals surface area contributed by atoms with Crippen molar-refractivity contribution in [2.45, 2.75) is 52.6 Å².